The standard InChI is InChI=1S/C22H39NO7S2/c1-2-3-4-5-6-7-8-9-10-11-12-13-14-15-16-23-19-17-20(24)22(32(28,29)30)18-21(19)31(25,26)27/h17-18,23-24H,2-16H2,1H3,(H,25,26,27)(H,28,29,30). The molecule has 1 rings (SSSR count). The van der Waals surface area contributed by atoms with Gasteiger partial charge in [0.05, 0.1) is 5.69 Å². The molecule has 0 amide bonds. The second-order valence-electron chi connectivity index (χ2n) is 8.29. The average Bonchev–Trinajstić information content (AvgIpc) is 2.69. The molecule has 0 aromatic heterocycles. The van der Waals surface area contributed by atoms with E-state index in [1.807, 2.05) is 0 Å². The first-order valence-corrected chi connectivity index (χ1v) is 14.5. The van der Waals surface area contributed by atoms with E-state index in [-0.39, 0.29) is 5.69 Å². The van der Waals surface area contributed by atoms with Gasteiger partial charge in [-0.25, -0.2) is 0 Å². The summed E-state index contributed by atoms with van der Waals surface area (Å²) in [6.45, 7) is 2.63. The third-order valence-electron chi connectivity index (χ3n) is 5.46. The highest BCUT2D eigenvalue weighted by Gasteiger charge is 2.24. The maximum Gasteiger partial charge on any atom is 0.298 e. The molecule has 0 saturated carbocycles. The number of aromatic hydroxyl groups is 1. The Morgan fingerprint density at radius 2 is 1.06 bits per heavy atom. The lowest BCUT2D eigenvalue weighted by Gasteiger charge is -2.12. The van der Waals surface area contributed by atoms with Crippen molar-refractivity contribution in [1.82, 2.24) is 0 Å². The molecule has 8 nitrogen and oxygen atoms in total. The van der Waals surface area contributed by atoms with E-state index in [4.69, 9.17) is 4.55 Å². The average molecular weight is 494 g/mol. The van der Waals surface area contributed by atoms with Crippen LogP contribution >= 0.6 is 0 Å². The second-order valence-corrected chi connectivity index (χ2v) is 11.1. The molecule has 0 aliphatic carbocycles. The van der Waals surface area contributed by atoms with Crippen LogP contribution in [0.5, 0.6) is 5.75 Å². The first-order chi connectivity index (χ1) is 15.1. The van der Waals surface area contributed by atoms with Crippen LogP contribution in [0.4, 0.5) is 5.69 Å². The monoisotopic (exact) mass is 493 g/mol. The van der Waals surface area contributed by atoms with E-state index >= 15 is 0 Å². The van der Waals surface area contributed by atoms with E-state index in [1.54, 1.807) is 0 Å². The van der Waals surface area contributed by atoms with Gasteiger partial charge in [-0.1, -0.05) is 90.4 Å². The van der Waals surface area contributed by atoms with Gasteiger partial charge in [-0.05, 0) is 12.5 Å². The van der Waals surface area contributed by atoms with E-state index in [1.165, 1.54) is 64.2 Å². The zero-order valence-corrected chi connectivity index (χ0v) is 20.7. The topological polar surface area (TPSA) is 141 Å². The summed E-state index contributed by atoms with van der Waals surface area (Å²) < 4.78 is 64.1. The van der Waals surface area contributed by atoms with Crippen LogP contribution in [0.25, 0.3) is 0 Å². The van der Waals surface area contributed by atoms with Gasteiger partial charge in [0, 0.05) is 12.6 Å². The summed E-state index contributed by atoms with van der Waals surface area (Å²) in [4.78, 5) is -1.69. The first kappa shape index (κ1) is 28.7. The maximum absolute atomic E-state index is 11.6. The van der Waals surface area contributed by atoms with Crippen LogP contribution in [0, 0.1) is 0 Å². The van der Waals surface area contributed by atoms with Crippen molar-refractivity contribution < 1.29 is 31.0 Å². The number of phenols is 1. The van der Waals surface area contributed by atoms with Gasteiger partial charge in [-0.2, -0.15) is 16.8 Å². The second kappa shape index (κ2) is 14.7. The Bertz CT molecular complexity index is 884. The molecule has 32 heavy (non-hydrogen) atoms. The van der Waals surface area contributed by atoms with Crippen LogP contribution in [0.1, 0.15) is 96.8 Å². The summed E-state index contributed by atoms with van der Waals surface area (Å²) in [6.07, 6.45) is 17.0. The number of rotatable bonds is 18. The molecular formula is C22H39NO7S2. The number of hydrogen-bond donors (Lipinski definition) is 4. The number of benzene rings is 1. The van der Waals surface area contributed by atoms with Gasteiger partial charge in [0.2, 0.25) is 0 Å². The first-order valence-electron chi connectivity index (χ1n) is 11.6. The van der Waals surface area contributed by atoms with Gasteiger partial charge >= 0.3 is 0 Å². The van der Waals surface area contributed by atoms with Gasteiger partial charge in [0.15, 0.2) is 0 Å². The molecule has 0 saturated heterocycles. The fourth-order valence-corrected chi connectivity index (χ4v) is 4.99. The summed E-state index contributed by atoms with van der Waals surface area (Å²) in [5.41, 5.74) is -0.118. The highest BCUT2D eigenvalue weighted by Crippen LogP contribution is 2.32. The lowest BCUT2D eigenvalue weighted by Crippen LogP contribution is -2.10. The summed E-state index contributed by atoms with van der Waals surface area (Å²) >= 11 is 0. The molecule has 1 aromatic rings. The Balaban J connectivity index is 2.26. The van der Waals surface area contributed by atoms with Crippen molar-refractivity contribution >= 4 is 25.9 Å². The molecule has 186 valence electrons. The quantitative estimate of drug-likeness (QED) is 0.149. The minimum absolute atomic E-state index is 0.118. The Hall–Kier alpha value is -1.36. The van der Waals surface area contributed by atoms with Gasteiger partial charge in [0.1, 0.15) is 15.5 Å². The van der Waals surface area contributed by atoms with Crippen molar-refractivity contribution in [2.45, 2.75) is 107 Å². The van der Waals surface area contributed by atoms with Crippen LogP contribution in [-0.2, 0) is 20.2 Å². The fraction of sp³-hybridized carbons (Fsp3) is 0.727. The van der Waals surface area contributed by atoms with Crippen molar-refractivity contribution in [3.05, 3.63) is 12.1 Å². The Kier molecular flexibility index (Phi) is 13.2. The van der Waals surface area contributed by atoms with Crippen molar-refractivity contribution in [2.75, 3.05) is 11.9 Å². The molecule has 0 fully saturated rings. The number of unbranched alkanes of at least 4 members (excludes halogenated alkanes) is 13. The molecule has 0 atom stereocenters. The minimum Gasteiger partial charge on any atom is -0.506 e. The SMILES string of the molecule is CCCCCCCCCCCCCCCCNc1cc(O)c(S(=O)(=O)O)cc1S(=O)(=O)O. The molecule has 0 heterocycles. The van der Waals surface area contributed by atoms with Gasteiger partial charge < -0.3 is 10.4 Å². The molecule has 4 N–H and O–H groups in total. The largest absolute Gasteiger partial charge is 0.506 e. The van der Waals surface area contributed by atoms with E-state index < -0.39 is 35.8 Å². The van der Waals surface area contributed by atoms with Crippen LogP contribution in [0.2, 0.25) is 0 Å². The Labute approximate surface area is 193 Å². The molecule has 0 aliphatic heterocycles. The zero-order valence-electron chi connectivity index (χ0n) is 19.1. The normalized spacial score (nSPS) is 12.2. The number of anilines is 1. The summed E-state index contributed by atoms with van der Waals surface area (Å²) in [6, 6.07) is 1.41. The molecule has 1 aromatic carbocycles. The van der Waals surface area contributed by atoms with Crippen molar-refractivity contribution in [3.8, 4) is 5.75 Å². The maximum atomic E-state index is 11.6. The number of hydrogen-bond acceptors (Lipinski definition) is 6. The van der Waals surface area contributed by atoms with Crippen molar-refractivity contribution in [1.29, 1.82) is 0 Å². The molecule has 0 aliphatic rings. The van der Waals surface area contributed by atoms with Crippen molar-refractivity contribution in [2.24, 2.45) is 0 Å². The predicted octanol–water partition coefficient (Wildman–Crippen LogP) is 5.78. The third kappa shape index (κ3) is 11.5. The molecule has 10 heteroatoms. The van der Waals surface area contributed by atoms with Crippen LogP contribution in [0.15, 0.2) is 21.9 Å². The Morgan fingerprint density at radius 1 is 0.656 bits per heavy atom. The summed E-state index contributed by atoms with van der Waals surface area (Å²) in [5.74, 6) is -0.802. The Morgan fingerprint density at radius 3 is 1.47 bits per heavy atom. The predicted molar refractivity (Wildman–Crippen MR) is 127 cm³/mol. The van der Waals surface area contributed by atoms with Crippen LogP contribution in [0.3, 0.4) is 0 Å². The highest BCUT2D eigenvalue weighted by molar-refractivity contribution is 7.86. The van der Waals surface area contributed by atoms with Gasteiger partial charge in [0.25, 0.3) is 20.2 Å². The van der Waals surface area contributed by atoms with E-state index in [0.717, 1.165) is 31.7 Å². The molecule has 0 bridgehead atoms. The van der Waals surface area contributed by atoms with Gasteiger partial charge in [-0.15, -0.1) is 0 Å². The smallest absolute Gasteiger partial charge is 0.298 e. The molecule has 0 unspecified atom stereocenters. The molecule has 0 radical (unpaired) electrons. The van der Waals surface area contributed by atoms with E-state index in [2.05, 4.69) is 12.2 Å². The molecular weight excluding hydrogens is 454 g/mol. The van der Waals surface area contributed by atoms with Crippen molar-refractivity contribution in [3.63, 3.8) is 0 Å². The zero-order chi connectivity index (χ0) is 24.0. The van der Waals surface area contributed by atoms with Crippen LogP contribution in [-0.4, -0.2) is 37.6 Å². The lowest BCUT2D eigenvalue weighted by molar-refractivity contribution is 0.442. The van der Waals surface area contributed by atoms with E-state index in [0.29, 0.717) is 12.6 Å². The minimum atomic E-state index is -4.84. The third-order valence-corrected chi connectivity index (χ3v) is 7.24. The summed E-state index contributed by atoms with van der Waals surface area (Å²) in [5, 5.41) is 12.6. The fourth-order valence-electron chi connectivity index (χ4n) is 3.65. The van der Waals surface area contributed by atoms with Gasteiger partial charge in [-0.3, -0.25) is 9.11 Å². The van der Waals surface area contributed by atoms with Crippen LogP contribution < -0.4 is 5.32 Å². The molecule has 0 spiro atoms. The lowest BCUT2D eigenvalue weighted by atomic mass is 10.0. The number of phenolic OH excluding ortho intramolecular Hbond substituents is 1. The van der Waals surface area contributed by atoms with E-state index in [9.17, 15) is 26.5 Å². The highest BCUT2D eigenvalue weighted by atomic mass is 32.2. The number of nitrogens with one attached hydrogen (secondary N) is 1. The summed E-state index contributed by atoms with van der Waals surface area (Å²) in [7, 11) is -9.59.